The van der Waals surface area contributed by atoms with E-state index in [4.69, 9.17) is 9.15 Å². The second-order valence-electron chi connectivity index (χ2n) is 10.7. The molecule has 2 saturated heterocycles. The summed E-state index contributed by atoms with van der Waals surface area (Å²) in [5, 5.41) is 51.0. The molecule has 3 aromatic rings. The number of aliphatic hydroxyl groups is 4. The van der Waals surface area contributed by atoms with Crippen molar-refractivity contribution in [3.8, 4) is 17.4 Å². The molecular formula is C29H34N4O8S. The number of hydrogen-bond donors (Lipinski definition) is 5. The van der Waals surface area contributed by atoms with E-state index in [9.17, 15) is 34.1 Å². The molecule has 5 atom stereocenters. The van der Waals surface area contributed by atoms with Crippen molar-refractivity contribution in [3.63, 3.8) is 0 Å². The number of ether oxygens (including phenoxy) is 1. The number of furan rings is 1. The number of piperazine rings is 1. The maximum Gasteiger partial charge on any atom is 0.251 e. The molecule has 5 rings (SSSR count). The largest absolute Gasteiger partial charge is 0.456 e. The van der Waals surface area contributed by atoms with Gasteiger partial charge in [-0.1, -0.05) is 18.2 Å². The summed E-state index contributed by atoms with van der Waals surface area (Å²) in [6, 6.07) is 17.3. The second-order valence-corrected chi connectivity index (χ2v) is 12.4. The first-order valence-corrected chi connectivity index (χ1v) is 15.0. The third kappa shape index (κ3) is 6.07. The van der Waals surface area contributed by atoms with E-state index in [1.807, 2.05) is 18.2 Å². The predicted molar refractivity (Wildman–Crippen MR) is 155 cm³/mol. The summed E-state index contributed by atoms with van der Waals surface area (Å²) in [5.41, 5.74) is 2.03. The number of nitriles is 1. The summed E-state index contributed by atoms with van der Waals surface area (Å²) in [6.07, 6.45) is -8.35. The van der Waals surface area contributed by atoms with Crippen LogP contribution in [0.25, 0.3) is 27.7 Å². The molecular weight excluding hydrogens is 564 g/mol. The maximum atomic E-state index is 13.0. The lowest BCUT2D eigenvalue weighted by Crippen LogP contribution is -2.59. The Balaban J connectivity index is 1.32. The predicted octanol–water partition coefficient (Wildman–Crippen LogP) is 0.825. The van der Waals surface area contributed by atoms with Gasteiger partial charge in [0.1, 0.15) is 42.0 Å². The Bertz CT molecular complexity index is 1620. The molecule has 0 amide bonds. The summed E-state index contributed by atoms with van der Waals surface area (Å²) >= 11 is 0. The number of fused-ring (bicyclic) bond motifs is 1. The first-order chi connectivity index (χ1) is 20.0. The summed E-state index contributed by atoms with van der Waals surface area (Å²) in [6.45, 7) is 4.87. The Morgan fingerprint density at radius 2 is 1.67 bits per heavy atom. The van der Waals surface area contributed by atoms with E-state index in [1.165, 1.54) is 12.6 Å². The third-order valence-corrected chi connectivity index (χ3v) is 9.31. The molecule has 5 N–H and O–H groups in total. The van der Waals surface area contributed by atoms with Crippen molar-refractivity contribution < 1.29 is 38.0 Å². The number of anilines is 1. The fourth-order valence-corrected chi connectivity index (χ4v) is 6.32. The first-order valence-electron chi connectivity index (χ1n) is 13.5. The van der Waals surface area contributed by atoms with Crippen LogP contribution < -0.4 is 9.62 Å². The number of benzene rings is 2. The minimum absolute atomic E-state index is 0.0643. The minimum atomic E-state index is -4.41. The van der Waals surface area contributed by atoms with Crippen LogP contribution in [-0.2, 0) is 14.8 Å². The van der Waals surface area contributed by atoms with Gasteiger partial charge < -0.3 is 39.4 Å². The Hall–Kier alpha value is -3.32. The Kier molecular flexibility index (Phi) is 8.70. The molecule has 0 spiro atoms. The Labute approximate surface area is 243 Å². The van der Waals surface area contributed by atoms with Gasteiger partial charge in [-0.25, -0.2) is 13.1 Å². The fraction of sp³-hybridized carbons (Fsp3) is 0.414. The van der Waals surface area contributed by atoms with Crippen molar-refractivity contribution in [3.05, 3.63) is 59.2 Å². The number of allylic oxidation sites excluding steroid dienone is 2. The lowest BCUT2D eigenvalue weighted by Gasteiger charge is -2.38. The van der Waals surface area contributed by atoms with Crippen LogP contribution in [0.2, 0.25) is 0 Å². The molecule has 0 radical (unpaired) electrons. The van der Waals surface area contributed by atoms with Gasteiger partial charge >= 0.3 is 0 Å². The third-order valence-electron chi connectivity index (χ3n) is 7.82. The normalized spacial score (nSPS) is 26.2. The Morgan fingerprint density at radius 3 is 2.38 bits per heavy atom. The molecule has 0 aliphatic carbocycles. The average Bonchev–Trinajstić information content (AvgIpc) is 3.48. The number of nitrogens with one attached hydrogen (secondary N) is 1. The van der Waals surface area contributed by atoms with E-state index in [1.54, 1.807) is 18.2 Å². The standard InChI is InChI=1S/C29H34N4O8S/c1-17(25(15-30)42(38,39)31-16-24-26(34)27(35)28(36)29(37)41-24)22-7-8-23(40-22)20-4-3-19-14-21(6-5-18(19)13-20)33-11-9-32(2)10-12-33/h3-8,13-14,24,26-29,31,34-37H,9-12,16H2,1-2H3/b25-17+/t24?,26-,27+,28-,29?/m1/s1. The summed E-state index contributed by atoms with van der Waals surface area (Å²) < 4.78 is 39.1. The second kappa shape index (κ2) is 12.1. The van der Waals surface area contributed by atoms with Crippen LogP contribution in [0.1, 0.15) is 12.7 Å². The van der Waals surface area contributed by atoms with Crippen molar-refractivity contribution in [1.29, 1.82) is 5.26 Å². The van der Waals surface area contributed by atoms with Gasteiger partial charge in [0, 0.05) is 49.5 Å². The van der Waals surface area contributed by atoms with Gasteiger partial charge in [0.25, 0.3) is 10.0 Å². The zero-order valence-corrected chi connectivity index (χ0v) is 24.0. The molecule has 13 heteroatoms. The molecule has 2 aliphatic heterocycles. The molecule has 224 valence electrons. The lowest BCUT2D eigenvalue weighted by atomic mass is 9.99. The zero-order chi connectivity index (χ0) is 30.2. The fourth-order valence-electron chi connectivity index (χ4n) is 5.16. The van der Waals surface area contributed by atoms with Crippen LogP contribution in [0.5, 0.6) is 0 Å². The number of rotatable bonds is 7. The highest BCUT2D eigenvalue weighted by Crippen LogP contribution is 2.32. The van der Waals surface area contributed by atoms with Gasteiger partial charge in [0.15, 0.2) is 11.2 Å². The van der Waals surface area contributed by atoms with Crippen molar-refractivity contribution in [2.24, 2.45) is 0 Å². The quantitative estimate of drug-likeness (QED) is 0.243. The molecule has 0 bridgehead atoms. The van der Waals surface area contributed by atoms with Crippen molar-refractivity contribution >= 4 is 32.1 Å². The molecule has 2 fully saturated rings. The topological polar surface area (TPSA) is 180 Å². The van der Waals surface area contributed by atoms with Crippen molar-refractivity contribution in [1.82, 2.24) is 9.62 Å². The van der Waals surface area contributed by atoms with Gasteiger partial charge in [-0.3, -0.25) is 0 Å². The molecule has 42 heavy (non-hydrogen) atoms. The molecule has 2 aromatic carbocycles. The van der Waals surface area contributed by atoms with Gasteiger partial charge in [0.05, 0.1) is 0 Å². The van der Waals surface area contributed by atoms with E-state index in [0.29, 0.717) is 5.76 Å². The van der Waals surface area contributed by atoms with Crippen LogP contribution in [0.3, 0.4) is 0 Å². The maximum absolute atomic E-state index is 13.0. The van der Waals surface area contributed by atoms with E-state index in [2.05, 4.69) is 39.8 Å². The van der Waals surface area contributed by atoms with Gasteiger partial charge in [-0.2, -0.15) is 5.26 Å². The number of aliphatic hydroxyl groups excluding tert-OH is 4. The number of nitrogens with zero attached hydrogens (tertiary/aromatic N) is 3. The van der Waals surface area contributed by atoms with E-state index >= 15 is 0 Å². The summed E-state index contributed by atoms with van der Waals surface area (Å²) in [5.74, 6) is 0.678. The molecule has 3 heterocycles. The highest BCUT2D eigenvalue weighted by molar-refractivity contribution is 7.93. The SMILES string of the molecule is C/C(=C(/C#N)S(=O)(=O)NCC1OC(O)[C@H](O)[C@@H](O)[C@@H]1O)c1ccc(-c2ccc3cc(N4CCN(C)CC4)ccc3c2)o1. The first kappa shape index (κ1) is 30.1. The molecule has 2 aliphatic rings. The molecule has 1 aromatic heterocycles. The van der Waals surface area contributed by atoms with Crippen molar-refractivity contribution in [2.75, 3.05) is 44.7 Å². The number of likely N-dealkylation sites (N-methyl/N-ethyl adjacent to an activating group) is 1. The molecule has 2 unspecified atom stereocenters. The van der Waals surface area contributed by atoms with Gasteiger partial charge in [-0.05, 0) is 55.1 Å². The Morgan fingerprint density at radius 1 is 0.976 bits per heavy atom. The van der Waals surface area contributed by atoms with Gasteiger partial charge in [-0.15, -0.1) is 0 Å². The van der Waals surface area contributed by atoms with Crippen LogP contribution >= 0.6 is 0 Å². The van der Waals surface area contributed by atoms with E-state index in [0.717, 1.165) is 42.5 Å². The minimum Gasteiger partial charge on any atom is -0.456 e. The van der Waals surface area contributed by atoms with Gasteiger partial charge in [0.2, 0.25) is 0 Å². The zero-order valence-electron chi connectivity index (χ0n) is 23.2. The highest BCUT2D eigenvalue weighted by Gasteiger charge is 2.43. The number of hydrogen-bond acceptors (Lipinski definition) is 11. The summed E-state index contributed by atoms with van der Waals surface area (Å²) in [7, 11) is -2.28. The average molecular weight is 599 g/mol. The van der Waals surface area contributed by atoms with E-state index in [-0.39, 0.29) is 11.3 Å². The van der Waals surface area contributed by atoms with Crippen LogP contribution in [-0.4, -0.2) is 104 Å². The lowest BCUT2D eigenvalue weighted by molar-refractivity contribution is -0.279. The van der Waals surface area contributed by atoms with E-state index < -0.39 is 52.2 Å². The number of sulfonamides is 1. The van der Waals surface area contributed by atoms with Crippen LogP contribution in [0.4, 0.5) is 5.69 Å². The van der Waals surface area contributed by atoms with Crippen LogP contribution in [0, 0.1) is 11.3 Å². The smallest absolute Gasteiger partial charge is 0.251 e. The van der Waals surface area contributed by atoms with Crippen LogP contribution in [0.15, 0.2) is 57.9 Å². The monoisotopic (exact) mass is 598 g/mol. The summed E-state index contributed by atoms with van der Waals surface area (Å²) in [4.78, 5) is 4.08. The highest BCUT2D eigenvalue weighted by atomic mass is 32.2. The molecule has 0 saturated carbocycles. The molecule has 12 nitrogen and oxygen atoms in total. The van der Waals surface area contributed by atoms with Crippen molar-refractivity contribution in [2.45, 2.75) is 37.6 Å².